The van der Waals surface area contributed by atoms with Crippen molar-refractivity contribution in [2.45, 2.75) is 20.3 Å². The summed E-state index contributed by atoms with van der Waals surface area (Å²) in [5.41, 5.74) is 6.31. The summed E-state index contributed by atoms with van der Waals surface area (Å²) in [6.45, 7) is 4.21. The van der Waals surface area contributed by atoms with Crippen LogP contribution in [-0.4, -0.2) is 16.5 Å². The molecule has 2 aromatic heterocycles. The van der Waals surface area contributed by atoms with Crippen molar-refractivity contribution < 1.29 is 8.83 Å². The van der Waals surface area contributed by atoms with Gasteiger partial charge in [0.15, 0.2) is 5.89 Å². The molecule has 0 aromatic carbocycles. The molecule has 0 spiro atoms. The lowest BCUT2D eigenvalue weighted by Gasteiger charge is -1.91. The Hall–Kier alpha value is -1.62. The van der Waals surface area contributed by atoms with Gasteiger partial charge in [-0.3, -0.25) is 0 Å². The van der Waals surface area contributed by atoms with Crippen LogP contribution in [0.4, 0.5) is 0 Å². The monoisotopic (exact) mass is 207 g/mol. The van der Waals surface area contributed by atoms with Crippen LogP contribution in [0.15, 0.2) is 15.0 Å². The first-order valence-corrected chi connectivity index (χ1v) is 4.80. The van der Waals surface area contributed by atoms with Crippen LogP contribution in [-0.2, 0) is 6.42 Å². The van der Waals surface area contributed by atoms with Crippen LogP contribution in [0.2, 0.25) is 0 Å². The third-order valence-electron chi connectivity index (χ3n) is 2.10. The second-order valence-corrected chi connectivity index (χ2v) is 3.31. The van der Waals surface area contributed by atoms with Crippen LogP contribution in [0.25, 0.3) is 11.7 Å². The Morgan fingerprint density at radius 3 is 2.73 bits per heavy atom. The molecule has 2 heterocycles. The largest absolute Gasteiger partial charge is 0.438 e. The summed E-state index contributed by atoms with van der Waals surface area (Å²) in [6, 6.07) is 0. The first-order valence-electron chi connectivity index (χ1n) is 4.80. The zero-order chi connectivity index (χ0) is 10.8. The molecule has 0 saturated carbocycles. The molecule has 5 heteroatoms. The van der Waals surface area contributed by atoms with Crippen molar-refractivity contribution in [3.63, 3.8) is 0 Å². The van der Waals surface area contributed by atoms with E-state index in [1.165, 1.54) is 0 Å². The number of hydrogen-bond acceptors (Lipinski definition) is 5. The standard InChI is InChI=1S/C10H13N3O2/c1-6-8(3-4-11)15-10(13-6)9-5-12-7(2)14-9/h5H,3-4,11H2,1-2H3. The van der Waals surface area contributed by atoms with Crippen LogP contribution < -0.4 is 5.73 Å². The minimum atomic E-state index is 0.469. The Balaban J connectivity index is 2.33. The number of rotatable bonds is 3. The summed E-state index contributed by atoms with van der Waals surface area (Å²) in [7, 11) is 0. The predicted octanol–water partition coefficient (Wildman–Crippen LogP) is 1.45. The molecule has 0 unspecified atom stereocenters. The van der Waals surface area contributed by atoms with Gasteiger partial charge < -0.3 is 14.6 Å². The predicted molar refractivity (Wildman–Crippen MR) is 54.2 cm³/mol. The van der Waals surface area contributed by atoms with Crippen LogP contribution >= 0.6 is 0 Å². The van der Waals surface area contributed by atoms with Crippen LogP contribution in [0, 0.1) is 13.8 Å². The third kappa shape index (κ3) is 1.92. The molecule has 0 fully saturated rings. The minimum absolute atomic E-state index is 0.469. The highest BCUT2D eigenvalue weighted by molar-refractivity contribution is 5.43. The molecule has 2 rings (SSSR count). The van der Waals surface area contributed by atoms with Gasteiger partial charge in [-0.15, -0.1) is 0 Å². The Morgan fingerprint density at radius 1 is 1.33 bits per heavy atom. The zero-order valence-corrected chi connectivity index (χ0v) is 8.78. The van der Waals surface area contributed by atoms with Crippen molar-refractivity contribution in [2.24, 2.45) is 5.73 Å². The lowest BCUT2D eigenvalue weighted by Crippen LogP contribution is -2.02. The lowest BCUT2D eigenvalue weighted by molar-refractivity contribution is 0.474. The first-order chi connectivity index (χ1) is 7.20. The van der Waals surface area contributed by atoms with Gasteiger partial charge in [-0.25, -0.2) is 9.97 Å². The number of oxazole rings is 2. The number of hydrogen-bond donors (Lipinski definition) is 1. The van der Waals surface area contributed by atoms with Gasteiger partial charge in [0.1, 0.15) is 5.76 Å². The smallest absolute Gasteiger partial charge is 0.265 e. The van der Waals surface area contributed by atoms with Crippen molar-refractivity contribution in [3.8, 4) is 11.7 Å². The van der Waals surface area contributed by atoms with E-state index < -0.39 is 0 Å². The molecule has 5 nitrogen and oxygen atoms in total. The van der Waals surface area contributed by atoms with E-state index in [9.17, 15) is 0 Å². The average Bonchev–Trinajstić information content (AvgIpc) is 2.75. The molecule has 2 N–H and O–H groups in total. The summed E-state index contributed by atoms with van der Waals surface area (Å²) >= 11 is 0. The first kappa shape index (κ1) is 9.92. The molecule has 0 amide bonds. The number of aryl methyl sites for hydroxylation is 2. The van der Waals surface area contributed by atoms with Crippen molar-refractivity contribution >= 4 is 0 Å². The van der Waals surface area contributed by atoms with E-state index in [0.717, 1.165) is 11.5 Å². The van der Waals surface area contributed by atoms with Gasteiger partial charge in [-0.05, 0) is 13.5 Å². The van der Waals surface area contributed by atoms with E-state index in [-0.39, 0.29) is 0 Å². The van der Waals surface area contributed by atoms with Crippen molar-refractivity contribution in [2.75, 3.05) is 6.54 Å². The van der Waals surface area contributed by atoms with E-state index in [0.29, 0.717) is 30.5 Å². The van der Waals surface area contributed by atoms with E-state index >= 15 is 0 Å². The van der Waals surface area contributed by atoms with E-state index in [1.807, 2.05) is 6.92 Å². The molecule has 0 radical (unpaired) electrons. The van der Waals surface area contributed by atoms with Gasteiger partial charge >= 0.3 is 0 Å². The minimum Gasteiger partial charge on any atom is -0.438 e. The van der Waals surface area contributed by atoms with Gasteiger partial charge in [-0.2, -0.15) is 0 Å². The maximum atomic E-state index is 5.53. The molecule has 0 aliphatic carbocycles. The van der Waals surface area contributed by atoms with Gasteiger partial charge in [0.05, 0.1) is 11.9 Å². The quantitative estimate of drug-likeness (QED) is 0.824. The highest BCUT2D eigenvalue weighted by atomic mass is 16.4. The molecular formula is C10H13N3O2. The molecule has 0 aliphatic heterocycles. The maximum Gasteiger partial charge on any atom is 0.265 e. The van der Waals surface area contributed by atoms with Gasteiger partial charge in [0.2, 0.25) is 5.76 Å². The van der Waals surface area contributed by atoms with Crippen LogP contribution in [0.1, 0.15) is 17.3 Å². The number of nitrogens with two attached hydrogens (primary N) is 1. The van der Waals surface area contributed by atoms with Crippen molar-refractivity contribution in [1.82, 2.24) is 9.97 Å². The molecule has 0 bridgehead atoms. The molecule has 80 valence electrons. The second kappa shape index (κ2) is 3.86. The Morgan fingerprint density at radius 2 is 2.13 bits per heavy atom. The zero-order valence-electron chi connectivity index (χ0n) is 8.78. The van der Waals surface area contributed by atoms with Crippen LogP contribution in [0.5, 0.6) is 0 Å². The Kier molecular flexibility index (Phi) is 2.55. The van der Waals surface area contributed by atoms with E-state index in [4.69, 9.17) is 14.6 Å². The summed E-state index contributed by atoms with van der Waals surface area (Å²) < 4.78 is 10.8. The lowest BCUT2D eigenvalue weighted by atomic mass is 10.3. The molecular weight excluding hydrogens is 194 g/mol. The van der Waals surface area contributed by atoms with Gasteiger partial charge in [0.25, 0.3) is 5.89 Å². The summed E-state index contributed by atoms with van der Waals surface area (Å²) in [5.74, 6) is 2.43. The van der Waals surface area contributed by atoms with Crippen LogP contribution in [0.3, 0.4) is 0 Å². The van der Waals surface area contributed by atoms with Crippen molar-refractivity contribution in [3.05, 3.63) is 23.5 Å². The average molecular weight is 207 g/mol. The number of aromatic nitrogens is 2. The highest BCUT2D eigenvalue weighted by Gasteiger charge is 2.13. The molecule has 0 aliphatic rings. The third-order valence-corrected chi connectivity index (χ3v) is 2.10. The molecule has 15 heavy (non-hydrogen) atoms. The van der Waals surface area contributed by atoms with E-state index in [1.54, 1.807) is 13.1 Å². The van der Waals surface area contributed by atoms with Gasteiger partial charge in [-0.1, -0.05) is 0 Å². The number of nitrogens with zero attached hydrogens (tertiary/aromatic N) is 2. The van der Waals surface area contributed by atoms with E-state index in [2.05, 4.69) is 9.97 Å². The Labute approximate surface area is 87.3 Å². The van der Waals surface area contributed by atoms with Gasteiger partial charge in [0, 0.05) is 13.3 Å². The fraction of sp³-hybridized carbons (Fsp3) is 0.400. The topological polar surface area (TPSA) is 78.1 Å². The fourth-order valence-electron chi connectivity index (χ4n) is 1.36. The summed E-state index contributed by atoms with van der Waals surface area (Å²) in [5, 5.41) is 0. The molecule has 2 aromatic rings. The normalized spacial score (nSPS) is 10.9. The molecule has 0 saturated heterocycles. The SMILES string of the molecule is Cc1ncc(-c2nc(C)c(CCN)o2)o1. The maximum absolute atomic E-state index is 5.53. The summed E-state index contributed by atoms with van der Waals surface area (Å²) in [4.78, 5) is 8.24. The Bertz CT molecular complexity index is 459. The fourth-order valence-corrected chi connectivity index (χ4v) is 1.36. The molecule has 0 atom stereocenters. The summed E-state index contributed by atoms with van der Waals surface area (Å²) in [6.07, 6.45) is 2.29. The highest BCUT2D eigenvalue weighted by Crippen LogP contribution is 2.22. The second-order valence-electron chi connectivity index (χ2n) is 3.31. The van der Waals surface area contributed by atoms with Crippen molar-refractivity contribution in [1.29, 1.82) is 0 Å².